The number of hydrogen-bond donors (Lipinski definition) is 0. The summed E-state index contributed by atoms with van der Waals surface area (Å²) < 4.78 is 54.5. The van der Waals surface area contributed by atoms with E-state index in [1.807, 2.05) is 0 Å². The van der Waals surface area contributed by atoms with E-state index >= 15 is 0 Å². The summed E-state index contributed by atoms with van der Waals surface area (Å²) in [7, 11) is 0. The second kappa shape index (κ2) is 47.1. The maximum atomic E-state index is 11.9. The van der Waals surface area contributed by atoms with E-state index in [1.54, 1.807) is 0 Å². The van der Waals surface area contributed by atoms with Gasteiger partial charge in [-0.2, -0.15) is 0 Å². The Morgan fingerprint density at radius 3 is 0.804 bits per heavy atom. The molecule has 0 rings (SSSR count). The van der Waals surface area contributed by atoms with Crippen molar-refractivity contribution >= 4 is 5.97 Å². The van der Waals surface area contributed by atoms with Crippen LogP contribution in [0.25, 0.3) is 0 Å². The van der Waals surface area contributed by atoms with E-state index in [0.29, 0.717) is 125 Å². The third kappa shape index (κ3) is 47.1. The van der Waals surface area contributed by atoms with Gasteiger partial charge in [0, 0.05) is 13.0 Å². The first-order valence-electron chi connectivity index (χ1n) is 20.7. The minimum absolute atomic E-state index is 0.127. The van der Waals surface area contributed by atoms with Gasteiger partial charge in [0.05, 0.1) is 112 Å². The average molecular weight is 737 g/mol. The van der Waals surface area contributed by atoms with Crippen molar-refractivity contribution in [2.75, 3.05) is 126 Å². The van der Waals surface area contributed by atoms with Crippen LogP contribution in [0.4, 0.5) is 0 Å². The normalized spacial score (nSPS) is 11.5. The molecule has 0 radical (unpaired) electrons. The van der Waals surface area contributed by atoms with Crippen LogP contribution in [0.3, 0.4) is 0 Å². The highest BCUT2D eigenvalue weighted by Crippen LogP contribution is 2.13. The van der Waals surface area contributed by atoms with Crippen LogP contribution in [0.5, 0.6) is 0 Å². The van der Waals surface area contributed by atoms with Crippen molar-refractivity contribution in [3.63, 3.8) is 0 Å². The van der Waals surface area contributed by atoms with Gasteiger partial charge in [0.2, 0.25) is 0 Å². The standard InChI is InChI=1S/C40H80O11/c1-3-5-7-8-9-10-11-12-13-14-15-16-17-18-19-20-40(41)51-39-38-50-37-36-49-35-34-48-33-32-47-31-30-46-29-28-45-27-26-44-25-24-43-23-22-42-21-6-4-2/h3-39H2,1-2H3. The summed E-state index contributed by atoms with van der Waals surface area (Å²) in [4.78, 5) is 11.9. The zero-order chi connectivity index (χ0) is 36.8. The van der Waals surface area contributed by atoms with Gasteiger partial charge in [0.1, 0.15) is 6.61 Å². The van der Waals surface area contributed by atoms with Crippen molar-refractivity contribution in [1.29, 1.82) is 0 Å². The second-order valence-corrected chi connectivity index (χ2v) is 12.8. The minimum Gasteiger partial charge on any atom is -0.463 e. The summed E-state index contributed by atoms with van der Waals surface area (Å²) in [6, 6.07) is 0. The van der Waals surface area contributed by atoms with Gasteiger partial charge < -0.3 is 47.4 Å². The highest BCUT2D eigenvalue weighted by Gasteiger charge is 2.03. The van der Waals surface area contributed by atoms with Crippen LogP contribution >= 0.6 is 0 Å². The van der Waals surface area contributed by atoms with Gasteiger partial charge in [-0.25, -0.2) is 0 Å². The molecule has 0 aromatic heterocycles. The lowest BCUT2D eigenvalue weighted by Crippen LogP contribution is -2.15. The fourth-order valence-corrected chi connectivity index (χ4v) is 5.04. The fourth-order valence-electron chi connectivity index (χ4n) is 5.04. The number of ether oxygens (including phenoxy) is 10. The zero-order valence-electron chi connectivity index (χ0n) is 33.2. The first-order chi connectivity index (χ1) is 25.3. The first-order valence-corrected chi connectivity index (χ1v) is 20.7. The predicted octanol–water partition coefficient (Wildman–Crippen LogP) is 7.74. The molecule has 0 atom stereocenters. The highest BCUT2D eigenvalue weighted by molar-refractivity contribution is 5.69. The Kier molecular flexibility index (Phi) is 46.3. The molecule has 0 bridgehead atoms. The zero-order valence-corrected chi connectivity index (χ0v) is 33.2. The molecule has 0 aliphatic heterocycles. The number of carbonyl (C=O) groups is 1. The van der Waals surface area contributed by atoms with Gasteiger partial charge in [0.25, 0.3) is 0 Å². The topological polar surface area (TPSA) is 109 Å². The highest BCUT2D eigenvalue weighted by atomic mass is 16.6. The molecule has 0 spiro atoms. The molecule has 0 aliphatic rings. The van der Waals surface area contributed by atoms with Gasteiger partial charge in [-0.05, 0) is 12.8 Å². The maximum absolute atomic E-state index is 11.9. The SMILES string of the molecule is CCCCCCCCCCCCCCCCCC(=O)OCCOCCOCCOCCOCCOCCOCCOCCOCCOCCCC. The number of carbonyl (C=O) groups excluding carboxylic acids is 1. The van der Waals surface area contributed by atoms with E-state index in [1.165, 1.54) is 83.5 Å². The predicted molar refractivity (Wildman–Crippen MR) is 203 cm³/mol. The van der Waals surface area contributed by atoms with E-state index < -0.39 is 0 Å². The van der Waals surface area contributed by atoms with Crippen molar-refractivity contribution < 1.29 is 52.2 Å². The van der Waals surface area contributed by atoms with Crippen LogP contribution in [0.2, 0.25) is 0 Å². The van der Waals surface area contributed by atoms with Crippen LogP contribution in [-0.2, 0) is 52.2 Å². The molecule has 0 saturated carbocycles. The molecule has 0 saturated heterocycles. The lowest BCUT2D eigenvalue weighted by molar-refractivity contribution is -0.145. The Labute approximate surface area is 312 Å². The molecule has 306 valence electrons. The molecule has 0 fully saturated rings. The maximum Gasteiger partial charge on any atom is 0.305 e. The van der Waals surface area contributed by atoms with E-state index in [-0.39, 0.29) is 5.97 Å². The monoisotopic (exact) mass is 737 g/mol. The van der Waals surface area contributed by atoms with Crippen molar-refractivity contribution in [3.8, 4) is 0 Å². The van der Waals surface area contributed by atoms with Gasteiger partial charge in [-0.3, -0.25) is 4.79 Å². The second-order valence-electron chi connectivity index (χ2n) is 12.8. The summed E-state index contributed by atoms with van der Waals surface area (Å²) in [5.41, 5.74) is 0. The minimum atomic E-state index is -0.127. The van der Waals surface area contributed by atoms with E-state index in [0.717, 1.165) is 32.3 Å². The van der Waals surface area contributed by atoms with Crippen LogP contribution in [-0.4, -0.2) is 132 Å². The molecule has 51 heavy (non-hydrogen) atoms. The molecular formula is C40H80O11. The van der Waals surface area contributed by atoms with Crippen LogP contribution in [0.1, 0.15) is 129 Å². The summed E-state index contributed by atoms with van der Waals surface area (Å²) in [6.07, 6.45) is 22.5. The lowest BCUT2D eigenvalue weighted by atomic mass is 10.0. The molecule has 0 aromatic rings. The van der Waals surface area contributed by atoms with E-state index in [9.17, 15) is 4.79 Å². The molecular weight excluding hydrogens is 656 g/mol. The quantitative estimate of drug-likeness (QED) is 0.0452. The summed E-state index contributed by atoms with van der Waals surface area (Å²) in [6.45, 7) is 14.4. The van der Waals surface area contributed by atoms with Crippen LogP contribution in [0, 0.1) is 0 Å². The lowest BCUT2D eigenvalue weighted by Gasteiger charge is -2.09. The summed E-state index contributed by atoms with van der Waals surface area (Å²) in [5, 5.41) is 0. The molecule has 0 unspecified atom stereocenters. The van der Waals surface area contributed by atoms with E-state index in [4.69, 9.17) is 47.4 Å². The smallest absolute Gasteiger partial charge is 0.305 e. The third-order valence-electron chi connectivity index (χ3n) is 8.09. The Hall–Kier alpha value is -0.890. The van der Waals surface area contributed by atoms with Crippen LogP contribution in [0.15, 0.2) is 0 Å². The Bertz CT molecular complexity index is 642. The van der Waals surface area contributed by atoms with Crippen molar-refractivity contribution in [2.24, 2.45) is 0 Å². The fraction of sp³-hybridized carbons (Fsp3) is 0.975. The molecule has 0 heterocycles. The van der Waals surface area contributed by atoms with Gasteiger partial charge in [-0.1, -0.05) is 110 Å². The van der Waals surface area contributed by atoms with E-state index in [2.05, 4.69) is 13.8 Å². The number of hydrogen-bond acceptors (Lipinski definition) is 11. The largest absolute Gasteiger partial charge is 0.463 e. The molecule has 0 aliphatic carbocycles. The average Bonchev–Trinajstić information content (AvgIpc) is 3.14. The third-order valence-corrected chi connectivity index (χ3v) is 8.09. The number of esters is 1. The number of rotatable bonds is 46. The summed E-state index contributed by atoms with van der Waals surface area (Å²) >= 11 is 0. The van der Waals surface area contributed by atoms with Crippen LogP contribution < -0.4 is 0 Å². The molecule has 11 nitrogen and oxygen atoms in total. The molecule has 0 amide bonds. The Morgan fingerprint density at radius 2 is 0.510 bits per heavy atom. The number of unbranched alkanes of at least 4 members (excludes halogenated alkanes) is 15. The Morgan fingerprint density at radius 1 is 0.275 bits per heavy atom. The summed E-state index contributed by atoms with van der Waals surface area (Å²) in [5.74, 6) is -0.127. The van der Waals surface area contributed by atoms with Gasteiger partial charge in [0.15, 0.2) is 0 Å². The van der Waals surface area contributed by atoms with Crippen molar-refractivity contribution in [3.05, 3.63) is 0 Å². The Balaban J connectivity index is 3.13. The first kappa shape index (κ1) is 50.1. The molecule has 0 N–H and O–H groups in total. The van der Waals surface area contributed by atoms with Crippen molar-refractivity contribution in [1.82, 2.24) is 0 Å². The van der Waals surface area contributed by atoms with Gasteiger partial charge >= 0.3 is 5.97 Å². The molecule has 11 heteroatoms. The molecule has 0 aromatic carbocycles. The van der Waals surface area contributed by atoms with Crippen molar-refractivity contribution in [2.45, 2.75) is 129 Å². The van der Waals surface area contributed by atoms with Gasteiger partial charge in [-0.15, -0.1) is 0 Å².